The van der Waals surface area contributed by atoms with Gasteiger partial charge in [0.25, 0.3) is 0 Å². The predicted octanol–water partition coefficient (Wildman–Crippen LogP) is 4.10. The third-order valence-electron chi connectivity index (χ3n) is 4.10. The Morgan fingerprint density at radius 1 is 1.17 bits per heavy atom. The highest BCUT2D eigenvalue weighted by molar-refractivity contribution is 7.19. The van der Waals surface area contributed by atoms with Crippen molar-refractivity contribution in [1.82, 2.24) is 0 Å². The van der Waals surface area contributed by atoms with Gasteiger partial charge in [0.2, 0.25) is 11.7 Å². The lowest BCUT2D eigenvalue weighted by Gasteiger charge is -2.22. The summed E-state index contributed by atoms with van der Waals surface area (Å²) in [6, 6.07) is 13.0. The minimum absolute atomic E-state index is 0.0409. The van der Waals surface area contributed by atoms with Gasteiger partial charge in [-0.25, -0.2) is 0 Å². The summed E-state index contributed by atoms with van der Waals surface area (Å²) in [6.07, 6.45) is 0.355. The summed E-state index contributed by atoms with van der Waals surface area (Å²) in [6.45, 7) is 0. The molecule has 1 aliphatic heterocycles. The van der Waals surface area contributed by atoms with Crippen LogP contribution < -0.4 is 11.1 Å². The lowest BCUT2D eigenvalue weighted by molar-refractivity contribution is -0.116. The van der Waals surface area contributed by atoms with E-state index in [2.05, 4.69) is 5.32 Å². The van der Waals surface area contributed by atoms with Gasteiger partial charge in [-0.05, 0) is 11.4 Å². The summed E-state index contributed by atoms with van der Waals surface area (Å²) in [5, 5.41) is 5.55. The van der Waals surface area contributed by atoms with Gasteiger partial charge in [-0.2, -0.15) is 0 Å². The third kappa shape index (κ3) is 2.44. The number of anilines is 2. The van der Waals surface area contributed by atoms with E-state index in [4.69, 9.17) is 5.73 Å². The average molecular weight is 354 g/mol. The summed E-state index contributed by atoms with van der Waals surface area (Å²) in [5.74, 6) is -0.227. The van der Waals surface area contributed by atoms with E-state index in [9.17, 15) is 9.59 Å². The van der Waals surface area contributed by atoms with Crippen LogP contribution in [0.2, 0.25) is 0 Å². The Morgan fingerprint density at radius 3 is 2.67 bits per heavy atom. The maximum atomic E-state index is 12.8. The summed E-state index contributed by atoms with van der Waals surface area (Å²) in [5.41, 5.74) is 8.31. The number of fused-ring (bicyclic) bond motifs is 1. The lowest BCUT2D eigenvalue weighted by atomic mass is 9.91. The maximum absolute atomic E-state index is 12.8. The molecular formula is C18H14N2O2S2. The van der Waals surface area contributed by atoms with E-state index in [0.29, 0.717) is 27.5 Å². The molecule has 1 aromatic carbocycles. The zero-order chi connectivity index (χ0) is 16.7. The van der Waals surface area contributed by atoms with Gasteiger partial charge < -0.3 is 11.1 Å². The van der Waals surface area contributed by atoms with Crippen molar-refractivity contribution in [3.8, 4) is 0 Å². The molecule has 4 nitrogen and oxygen atoms in total. The number of carbonyl (C=O) groups is 2. The normalized spacial score (nSPS) is 16.5. The highest BCUT2D eigenvalue weighted by Crippen LogP contribution is 2.48. The minimum atomic E-state index is -0.105. The van der Waals surface area contributed by atoms with Crippen molar-refractivity contribution in [3.05, 3.63) is 68.7 Å². The van der Waals surface area contributed by atoms with E-state index in [1.165, 1.54) is 11.3 Å². The fourth-order valence-electron chi connectivity index (χ4n) is 2.98. The molecule has 2 aromatic heterocycles. The zero-order valence-corrected chi connectivity index (χ0v) is 14.2. The first-order chi connectivity index (χ1) is 11.6. The molecule has 0 saturated carbocycles. The Balaban J connectivity index is 1.82. The standard InChI is InChI=1S/C18H14N2O2S2/c19-15-14-11(12-7-4-8-23-12)9-13(21)20-18(14)24-17(15)16(22)10-5-2-1-3-6-10/h1-8,11H,9,19H2,(H,20,21)/t11-/m0/s1. The van der Waals surface area contributed by atoms with E-state index in [0.717, 1.165) is 10.4 Å². The number of rotatable bonds is 3. The van der Waals surface area contributed by atoms with Gasteiger partial charge in [0.15, 0.2) is 0 Å². The lowest BCUT2D eigenvalue weighted by Crippen LogP contribution is -2.22. The van der Waals surface area contributed by atoms with Crippen LogP contribution in [0.4, 0.5) is 10.7 Å². The molecule has 0 radical (unpaired) electrons. The third-order valence-corrected chi connectivity index (χ3v) is 6.22. The van der Waals surface area contributed by atoms with Gasteiger partial charge in [0.1, 0.15) is 9.88 Å². The van der Waals surface area contributed by atoms with Crippen LogP contribution in [-0.2, 0) is 4.79 Å². The molecule has 120 valence electrons. The number of benzene rings is 1. The summed E-state index contributed by atoms with van der Waals surface area (Å²) < 4.78 is 0. The molecule has 0 bridgehead atoms. The molecule has 0 aliphatic carbocycles. The fourth-order valence-corrected chi connectivity index (χ4v) is 4.98. The molecule has 6 heteroatoms. The molecule has 0 unspecified atom stereocenters. The zero-order valence-electron chi connectivity index (χ0n) is 12.6. The van der Waals surface area contributed by atoms with Gasteiger partial charge in [-0.3, -0.25) is 9.59 Å². The average Bonchev–Trinajstić information content (AvgIpc) is 3.23. The number of ketones is 1. The van der Waals surface area contributed by atoms with E-state index in [-0.39, 0.29) is 17.6 Å². The van der Waals surface area contributed by atoms with Crippen LogP contribution in [0.25, 0.3) is 0 Å². The molecule has 3 N–H and O–H groups in total. The fraction of sp³-hybridized carbons (Fsp3) is 0.111. The molecule has 0 spiro atoms. The van der Waals surface area contributed by atoms with Crippen LogP contribution >= 0.6 is 22.7 Å². The second-order valence-corrected chi connectivity index (χ2v) is 7.60. The summed E-state index contributed by atoms with van der Waals surface area (Å²) in [7, 11) is 0. The first-order valence-corrected chi connectivity index (χ1v) is 9.20. The van der Waals surface area contributed by atoms with Crippen molar-refractivity contribution in [3.63, 3.8) is 0 Å². The molecule has 1 atom stereocenters. The van der Waals surface area contributed by atoms with Crippen molar-refractivity contribution >= 4 is 45.1 Å². The van der Waals surface area contributed by atoms with E-state index in [1.807, 2.05) is 35.7 Å². The number of carbonyl (C=O) groups excluding carboxylic acids is 2. The Kier molecular flexibility index (Phi) is 3.70. The largest absolute Gasteiger partial charge is 0.397 e. The van der Waals surface area contributed by atoms with Gasteiger partial charge in [0, 0.05) is 28.3 Å². The SMILES string of the molecule is Nc1c(C(=O)c2ccccc2)sc2c1[C@H](c1cccs1)CC(=O)N2. The Hall–Kier alpha value is -2.44. The van der Waals surface area contributed by atoms with Gasteiger partial charge >= 0.3 is 0 Å². The molecule has 1 aliphatic rings. The summed E-state index contributed by atoms with van der Waals surface area (Å²) in [4.78, 5) is 26.4. The minimum Gasteiger partial charge on any atom is -0.397 e. The van der Waals surface area contributed by atoms with E-state index in [1.54, 1.807) is 23.5 Å². The van der Waals surface area contributed by atoms with Gasteiger partial charge in [0.05, 0.1) is 5.69 Å². The van der Waals surface area contributed by atoms with Crippen LogP contribution in [0.1, 0.15) is 38.0 Å². The number of amides is 1. The van der Waals surface area contributed by atoms with Crippen LogP contribution in [-0.4, -0.2) is 11.7 Å². The van der Waals surface area contributed by atoms with Crippen molar-refractivity contribution in [2.45, 2.75) is 12.3 Å². The number of nitrogens with one attached hydrogen (secondary N) is 1. The molecular weight excluding hydrogens is 340 g/mol. The van der Waals surface area contributed by atoms with Gasteiger partial charge in [-0.1, -0.05) is 36.4 Å². The van der Waals surface area contributed by atoms with E-state index >= 15 is 0 Å². The Morgan fingerprint density at radius 2 is 1.96 bits per heavy atom. The van der Waals surface area contributed by atoms with Crippen molar-refractivity contribution in [1.29, 1.82) is 0 Å². The Labute approximate surface area is 146 Å². The molecule has 0 fully saturated rings. The number of hydrogen-bond donors (Lipinski definition) is 2. The molecule has 1 amide bonds. The molecule has 3 aromatic rings. The second kappa shape index (κ2) is 5.89. The first kappa shape index (κ1) is 15.1. The Bertz CT molecular complexity index is 914. The van der Waals surface area contributed by atoms with Crippen molar-refractivity contribution in [2.24, 2.45) is 0 Å². The molecule has 0 saturated heterocycles. The molecule has 4 rings (SSSR count). The molecule has 24 heavy (non-hydrogen) atoms. The predicted molar refractivity (Wildman–Crippen MR) is 98.0 cm³/mol. The van der Waals surface area contributed by atoms with Crippen LogP contribution in [0.3, 0.4) is 0 Å². The van der Waals surface area contributed by atoms with Crippen LogP contribution in [0, 0.1) is 0 Å². The first-order valence-electron chi connectivity index (χ1n) is 7.50. The summed E-state index contributed by atoms with van der Waals surface area (Å²) >= 11 is 2.87. The highest BCUT2D eigenvalue weighted by atomic mass is 32.1. The molecule has 3 heterocycles. The number of nitrogen functional groups attached to an aromatic ring is 1. The number of hydrogen-bond acceptors (Lipinski definition) is 5. The second-order valence-electron chi connectivity index (χ2n) is 5.60. The topological polar surface area (TPSA) is 72.2 Å². The van der Waals surface area contributed by atoms with Crippen LogP contribution in [0.5, 0.6) is 0 Å². The van der Waals surface area contributed by atoms with Crippen LogP contribution in [0.15, 0.2) is 47.8 Å². The smallest absolute Gasteiger partial charge is 0.225 e. The maximum Gasteiger partial charge on any atom is 0.225 e. The monoisotopic (exact) mass is 354 g/mol. The number of nitrogens with two attached hydrogens (primary N) is 1. The number of thiophene rings is 2. The van der Waals surface area contributed by atoms with Gasteiger partial charge in [-0.15, -0.1) is 22.7 Å². The highest BCUT2D eigenvalue weighted by Gasteiger charge is 2.34. The quantitative estimate of drug-likeness (QED) is 0.696. The van der Waals surface area contributed by atoms with Crippen molar-refractivity contribution < 1.29 is 9.59 Å². The van der Waals surface area contributed by atoms with Crippen molar-refractivity contribution in [2.75, 3.05) is 11.1 Å². The van der Waals surface area contributed by atoms with E-state index < -0.39 is 0 Å².